The number of nitrogens with zero attached hydrogens (tertiary/aromatic N) is 4. The molecule has 164 valence electrons. The Bertz CT molecular complexity index is 1130. The third kappa shape index (κ3) is 4.33. The van der Waals surface area contributed by atoms with Crippen molar-refractivity contribution in [1.82, 2.24) is 30.0 Å². The number of imidazole rings is 1. The fraction of sp³-hybridized carbons (Fsp3) is 0.478. The number of fused-ring (bicyclic) bond motifs is 1. The van der Waals surface area contributed by atoms with Crippen LogP contribution < -0.4 is 5.32 Å². The number of aromatic amines is 1. The summed E-state index contributed by atoms with van der Waals surface area (Å²) in [4.78, 5) is 35.5. The van der Waals surface area contributed by atoms with Gasteiger partial charge in [0.05, 0.1) is 28.7 Å². The highest BCUT2D eigenvalue weighted by molar-refractivity contribution is 5.98. The number of amides is 2. The normalized spacial score (nSPS) is 19.0. The molecule has 0 unspecified atom stereocenters. The summed E-state index contributed by atoms with van der Waals surface area (Å²) in [6, 6.07) is 7.54. The zero-order valence-electron chi connectivity index (χ0n) is 18.7. The van der Waals surface area contributed by atoms with E-state index in [0.29, 0.717) is 31.7 Å². The molecule has 31 heavy (non-hydrogen) atoms. The number of hydrogen-bond acceptors (Lipinski definition) is 4. The second kappa shape index (κ2) is 8.17. The largest absolute Gasteiger partial charge is 0.354 e. The number of carbonyl (C=O) groups is 2. The summed E-state index contributed by atoms with van der Waals surface area (Å²) in [5, 5.41) is 7.49. The maximum atomic E-state index is 13.1. The number of aryl methyl sites for hydroxylation is 3. The first-order chi connectivity index (χ1) is 14.7. The van der Waals surface area contributed by atoms with Gasteiger partial charge in [0, 0.05) is 30.9 Å². The molecule has 0 aliphatic carbocycles. The molecule has 0 bridgehead atoms. The van der Waals surface area contributed by atoms with Gasteiger partial charge in [0.2, 0.25) is 5.91 Å². The van der Waals surface area contributed by atoms with Crippen LogP contribution in [0.2, 0.25) is 0 Å². The van der Waals surface area contributed by atoms with Crippen LogP contribution in [0.15, 0.2) is 24.3 Å². The summed E-state index contributed by atoms with van der Waals surface area (Å²) in [5.74, 6) is 0.768. The molecule has 2 N–H and O–H groups in total. The van der Waals surface area contributed by atoms with Gasteiger partial charge in [0.1, 0.15) is 5.82 Å². The molecule has 0 spiro atoms. The van der Waals surface area contributed by atoms with Crippen LogP contribution in [0.1, 0.15) is 47.3 Å². The second-order valence-corrected chi connectivity index (χ2v) is 8.85. The van der Waals surface area contributed by atoms with Crippen LogP contribution in [0.5, 0.6) is 0 Å². The highest BCUT2D eigenvalue weighted by Crippen LogP contribution is 2.31. The third-order valence-corrected chi connectivity index (χ3v) is 6.09. The van der Waals surface area contributed by atoms with Crippen LogP contribution in [-0.4, -0.2) is 56.1 Å². The van der Waals surface area contributed by atoms with Crippen molar-refractivity contribution < 1.29 is 9.59 Å². The first-order valence-electron chi connectivity index (χ1n) is 10.8. The molecule has 1 fully saturated rings. The molecule has 4 rings (SSSR count). The van der Waals surface area contributed by atoms with E-state index in [1.807, 2.05) is 56.6 Å². The standard InChI is InChI=1S/C23H30N6O2/c1-15-12-16(2)29(27-15)11-9-24-22(31)23(4)8-5-10-28(14-23)21(30)18-6-7-19-20(13-18)26-17(3)25-19/h6-7,12-13H,5,8-11,14H2,1-4H3,(H,24,31)(H,25,26)/t23-/m0/s1. The van der Waals surface area contributed by atoms with Gasteiger partial charge >= 0.3 is 0 Å². The van der Waals surface area contributed by atoms with Crippen LogP contribution in [-0.2, 0) is 11.3 Å². The summed E-state index contributed by atoms with van der Waals surface area (Å²) in [6.07, 6.45) is 1.57. The van der Waals surface area contributed by atoms with Gasteiger partial charge in [0.25, 0.3) is 5.91 Å². The third-order valence-electron chi connectivity index (χ3n) is 6.09. The number of likely N-dealkylation sites (tertiary alicyclic amines) is 1. The quantitative estimate of drug-likeness (QED) is 0.661. The number of carbonyl (C=O) groups excluding carboxylic acids is 2. The summed E-state index contributed by atoms with van der Waals surface area (Å²) in [6.45, 7) is 10.0. The summed E-state index contributed by atoms with van der Waals surface area (Å²) in [5.41, 5.74) is 3.77. The van der Waals surface area contributed by atoms with Crippen molar-refractivity contribution in [3.8, 4) is 0 Å². The van der Waals surface area contributed by atoms with E-state index in [4.69, 9.17) is 0 Å². The lowest BCUT2D eigenvalue weighted by molar-refractivity contribution is -0.132. The van der Waals surface area contributed by atoms with E-state index in [1.54, 1.807) is 4.90 Å². The minimum atomic E-state index is -0.600. The Labute approximate surface area is 182 Å². The van der Waals surface area contributed by atoms with E-state index in [-0.39, 0.29) is 11.8 Å². The first-order valence-corrected chi connectivity index (χ1v) is 10.8. The van der Waals surface area contributed by atoms with E-state index < -0.39 is 5.41 Å². The van der Waals surface area contributed by atoms with E-state index in [1.165, 1.54) is 0 Å². The smallest absolute Gasteiger partial charge is 0.253 e. The summed E-state index contributed by atoms with van der Waals surface area (Å²) >= 11 is 0. The topological polar surface area (TPSA) is 95.9 Å². The van der Waals surface area contributed by atoms with Gasteiger partial charge in [-0.15, -0.1) is 0 Å². The van der Waals surface area contributed by atoms with E-state index >= 15 is 0 Å². The number of hydrogen-bond donors (Lipinski definition) is 2. The molecule has 1 saturated heterocycles. The Hall–Kier alpha value is -3.16. The molecule has 8 nitrogen and oxygen atoms in total. The molecular formula is C23H30N6O2. The molecule has 8 heteroatoms. The van der Waals surface area contributed by atoms with Gasteiger partial charge in [-0.05, 0) is 64.8 Å². The number of H-pyrrole nitrogens is 1. The van der Waals surface area contributed by atoms with E-state index in [9.17, 15) is 9.59 Å². The molecule has 2 amide bonds. The zero-order valence-corrected chi connectivity index (χ0v) is 18.7. The van der Waals surface area contributed by atoms with Crippen LogP contribution in [0.3, 0.4) is 0 Å². The second-order valence-electron chi connectivity index (χ2n) is 8.85. The number of piperidine rings is 1. The van der Waals surface area contributed by atoms with Crippen molar-refractivity contribution in [2.45, 2.75) is 47.1 Å². The fourth-order valence-electron chi connectivity index (χ4n) is 4.44. The van der Waals surface area contributed by atoms with Gasteiger partial charge in [-0.3, -0.25) is 14.3 Å². The van der Waals surface area contributed by atoms with Gasteiger partial charge in [-0.2, -0.15) is 5.10 Å². The van der Waals surface area contributed by atoms with E-state index in [0.717, 1.165) is 41.1 Å². The molecule has 1 aliphatic rings. The fourth-order valence-corrected chi connectivity index (χ4v) is 4.44. The van der Waals surface area contributed by atoms with Crippen molar-refractivity contribution in [3.05, 3.63) is 47.0 Å². The van der Waals surface area contributed by atoms with Crippen LogP contribution in [0.25, 0.3) is 11.0 Å². The molecule has 0 radical (unpaired) electrons. The van der Waals surface area contributed by atoms with Crippen LogP contribution in [0, 0.1) is 26.2 Å². The minimum Gasteiger partial charge on any atom is -0.354 e. The van der Waals surface area contributed by atoms with Crippen molar-refractivity contribution in [1.29, 1.82) is 0 Å². The van der Waals surface area contributed by atoms with E-state index in [2.05, 4.69) is 20.4 Å². The van der Waals surface area contributed by atoms with Crippen molar-refractivity contribution in [3.63, 3.8) is 0 Å². The molecule has 3 aromatic rings. The SMILES string of the molecule is Cc1cc(C)n(CCNC(=O)[C@@]2(C)CCCN(C(=O)c3ccc4nc(C)[nH]c4c3)C2)n1. The molecule has 1 atom stereocenters. The molecule has 2 aromatic heterocycles. The van der Waals surface area contributed by atoms with Gasteiger partial charge in [-0.25, -0.2) is 4.98 Å². The molecular weight excluding hydrogens is 392 g/mol. The Kier molecular flexibility index (Phi) is 5.56. The molecule has 3 heterocycles. The van der Waals surface area contributed by atoms with Crippen molar-refractivity contribution in [2.24, 2.45) is 5.41 Å². The maximum absolute atomic E-state index is 13.1. The number of rotatable bonds is 5. The zero-order chi connectivity index (χ0) is 22.2. The van der Waals surface area contributed by atoms with Gasteiger partial charge in [-0.1, -0.05) is 0 Å². The monoisotopic (exact) mass is 422 g/mol. The Morgan fingerprint density at radius 2 is 2.03 bits per heavy atom. The lowest BCUT2D eigenvalue weighted by atomic mass is 9.80. The average Bonchev–Trinajstić information content (AvgIpc) is 3.26. The molecule has 0 saturated carbocycles. The highest BCUT2D eigenvalue weighted by atomic mass is 16.2. The van der Waals surface area contributed by atoms with Crippen LogP contribution >= 0.6 is 0 Å². The van der Waals surface area contributed by atoms with Crippen molar-refractivity contribution >= 4 is 22.8 Å². The van der Waals surface area contributed by atoms with Gasteiger partial charge in [0.15, 0.2) is 0 Å². The summed E-state index contributed by atoms with van der Waals surface area (Å²) in [7, 11) is 0. The lowest BCUT2D eigenvalue weighted by Gasteiger charge is -2.39. The Morgan fingerprint density at radius 1 is 1.23 bits per heavy atom. The summed E-state index contributed by atoms with van der Waals surface area (Å²) < 4.78 is 1.90. The lowest BCUT2D eigenvalue weighted by Crippen LogP contribution is -2.52. The minimum absolute atomic E-state index is 0.00817. The predicted octanol–water partition coefficient (Wildman–Crippen LogP) is 2.74. The average molecular weight is 423 g/mol. The molecule has 1 aromatic carbocycles. The highest BCUT2D eigenvalue weighted by Gasteiger charge is 2.39. The van der Waals surface area contributed by atoms with Crippen LogP contribution in [0.4, 0.5) is 0 Å². The first kappa shape index (κ1) is 21.1. The number of nitrogens with one attached hydrogen (secondary N) is 2. The number of aromatic nitrogens is 4. The number of benzene rings is 1. The van der Waals surface area contributed by atoms with Crippen molar-refractivity contribution in [2.75, 3.05) is 19.6 Å². The van der Waals surface area contributed by atoms with Gasteiger partial charge < -0.3 is 15.2 Å². The Morgan fingerprint density at radius 3 is 2.77 bits per heavy atom. The predicted molar refractivity (Wildman–Crippen MR) is 119 cm³/mol. The Balaban J connectivity index is 1.40. The maximum Gasteiger partial charge on any atom is 0.253 e. The molecule has 1 aliphatic heterocycles.